The van der Waals surface area contributed by atoms with Gasteiger partial charge in [0.1, 0.15) is 23.5 Å². The SMILES string of the molecule is CCCOc1ccc(N2C(=O)[C@@H]3[C@@H](ON(c4ccccc4)[C@H]3c3ccco3)C2=O)cc1. The molecule has 0 N–H and O–H groups in total. The van der Waals surface area contributed by atoms with E-state index in [1.807, 2.05) is 37.3 Å². The van der Waals surface area contributed by atoms with E-state index in [2.05, 4.69) is 0 Å². The Morgan fingerprint density at radius 2 is 1.68 bits per heavy atom. The lowest BCUT2D eigenvalue weighted by Gasteiger charge is -2.27. The summed E-state index contributed by atoms with van der Waals surface area (Å²) in [6.45, 7) is 2.64. The van der Waals surface area contributed by atoms with Crippen LogP contribution in [0.2, 0.25) is 0 Å². The molecule has 7 nitrogen and oxygen atoms in total. The Balaban J connectivity index is 1.47. The first-order valence-corrected chi connectivity index (χ1v) is 10.3. The maximum Gasteiger partial charge on any atom is 0.266 e. The van der Waals surface area contributed by atoms with Crippen LogP contribution in [0, 0.1) is 5.92 Å². The van der Waals surface area contributed by atoms with Crippen LogP contribution in [0.15, 0.2) is 77.4 Å². The van der Waals surface area contributed by atoms with E-state index in [0.29, 0.717) is 23.8 Å². The molecule has 5 rings (SSSR count). The van der Waals surface area contributed by atoms with E-state index in [0.717, 1.165) is 12.1 Å². The van der Waals surface area contributed by atoms with Crippen molar-refractivity contribution in [1.82, 2.24) is 0 Å². The summed E-state index contributed by atoms with van der Waals surface area (Å²) in [4.78, 5) is 34.0. The van der Waals surface area contributed by atoms with Gasteiger partial charge in [0.2, 0.25) is 5.91 Å². The van der Waals surface area contributed by atoms with Crippen LogP contribution in [0.25, 0.3) is 0 Å². The first-order chi connectivity index (χ1) is 15.2. The molecule has 0 spiro atoms. The Bertz CT molecular complexity index is 1070. The average molecular weight is 418 g/mol. The van der Waals surface area contributed by atoms with Crippen molar-refractivity contribution in [2.45, 2.75) is 25.5 Å². The number of hydrogen-bond donors (Lipinski definition) is 0. The molecule has 2 saturated heterocycles. The molecule has 2 aliphatic heterocycles. The third-order valence-electron chi connectivity index (χ3n) is 5.53. The number of imide groups is 1. The van der Waals surface area contributed by atoms with Gasteiger partial charge in [-0.1, -0.05) is 25.1 Å². The van der Waals surface area contributed by atoms with Crippen LogP contribution in [-0.4, -0.2) is 24.5 Å². The monoisotopic (exact) mass is 418 g/mol. The summed E-state index contributed by atoms with van der Waals surface area (Å²) >= 11 is 0. The van der Waals surface area contributed by atoms with Gasteiger partial charge in [-0.15, -0.1) is 0 Å². The van der Waals surface area contributed by atoms with Gasteiger partial charge in [-0.05, 0) is 55.0 Å². The number of carbonyl (C=O) groups excluding carboxylic acids is 2. The van der Waals surface area contributed by atoms with Gasteiger partial charge in [-0.2, -0.15) is 0 Å². The maximum atomic E-state index is 13.5. The quantitative estimate of drug-likeness (QED) is 0.561. The van der Waals surface area contributed by atoms with Crippen molar-refractivity contribution in [2.75, 3.05) is 16.6 Å². The van der Waals surface area contributed by atoms with Gasteiger partial charge in [0.15, 0.2) is 6.10 Å². The molecule has 2 fully saturated rings. The van der Waals surface area contributed by atoms with Crippen LogP contribution in [-0.2, 0) is 14.4 Å². The van der Waals surface area contributed by atoms with E-state index < -0.39 is 18.1 Å². The second-order valence-electron chi connectivity index (χ2n) is 7.53. The van der Waals surface area contributed by atoms with E-state index in [4.69, 9.17) is 14.0 Å². The first-order valence-electron chi connectivity index (χ1n) is 10.3. The number of hydroxylamine groups is 1. The van der Waals surface area contributed by atoms with Crippen LogP contribution in [0.4, 0.5) is 11.4 Å². The zero-order chi connectivity index (χ0) is 21.4. The summed E-state index contributed by atoms with van der Waals surface area (Å²) in [5.41, 5.74) is 1.25. The Kier molecular flexibility index (Phi) is 4.95. The number of ether oxygens (including phenoxy) is 1. The molecule has 1 aromatic heterocycles. The van der Waals surface area contributed by atoms with Crippen LogP contribution in [0.1, 0.15) is 25.1 Å². The average Bonchev–Trinajstić information content (AvgIpc) is 3.51. The van der Waals surface area contributed by atoms with E-state index in [9.17, 15) is 9.59 Å². The van der Waals surface area contributed by atoms with Crippen molar-refractivity contribution in [2.24, 2.45) is 5.92 Å². The minimum absolute atomic E-state index is 0.308. The van der Waals surface area contributed by atoms with Crippen molar-refractivity contribution in [1.29, 1.82) is 0 Å². The number of para-hydroxylation sites is 1. The molecule has 2 aromatic carbocycles. The maximum absolute atomic E-state index is 13.5. The Hall–Kier alpha value is -3.58. The zero-order valence-corrected chi connectivity index (χ0v) is 17.0. The predicted molar refractivity (Wildman–Crippen MR) is 113 cm³/mol. The second-order valence-corrected chi connectivity index (χ2v) is 7.53. The Morgan fingerprint density at radius 3 is 2.35 bits per heavy atom. The fraction of sp³-hybridized carbons (Fsp3) is 0.250. The lowest BCUT2D eigenvalue weighted by atomic mass is 9.94. The number of nitrogens with zero attached hydrogens (tertiary/aromatic N) is 2. The van der Waals surface area contributed by atoms with Crippen molar-refractivity contribution < 1.29 is 23.6 Å². The van der Waals surface area contributed by atoms with E-state index >= 15 is 0 Å². The minimum atomic E-state index is -0.918. The van der Waals surface area contributed by atoms with Crippen LogP contribution < -0.4 is 14.7 Å². The standard InChI is InChI=1S/C24H22N2O5/c1-2-14-29-18-12-10-16(11-13-18)25-23(27)20-21(19-9-6-15-30-19)26(31-22(20)24(25)28)17-7-4-3-5-8-17/h3-13,15,20-22H,2,14H2,1H3/t20-,21-,22+/m0/s1. The molecule has 0 saturated carbocycles. The highest BCUT2D eigenvalue weighted by atomic mass is 16.7. The van der Waals surface area contributed by atoms with Crippen molar-refractivity contribution >= 4 is 23.2 Å². The molecular formula is C24H22N2O5. The molecule has 0 radical (unpaired) electrons. The molecule has 31 heavy (non-hydrogen) atoms. The topological polar surface area (TPSA) is 72.2 Å². The summed E-state index contributed by atoms with van der Waals surface area (Å²) in [5, 5.41) is 1.61. The second kappa shape index (κ2) is 7.92. The van der Waals surface area contributed by atoms with E-state index in [1.165, 1.54) is 4.90 Å². The summed E-state index contributed by atoms with van der Waals surface area (Å²) in [5.74, 6) is -0.133. The van der Waals surface area contributed by atoms with Crippen molar-refractivity contribution in [3.63, 3.8) is 0 Å². The van der Waals surface area contributed by atoms with Crippen LogP contribution in [0.3, 0.4) is 0 Å². The van der Waals surface area contributed by atoms with E-state index in [1.54, 1.807) is 47.7 Å². The van der Waals surface area contributed by atoms with Gasteiger partial charge in [0, 0.05) is 0 Å². The van der Waals surface area contributed by atoms with Gasteiger partial charge in [-0.3, -0.25) is 14.4 Å². The highest BCUT2D eigenvalue weighted by molar-refractivity contribution is 6.23. The summed E-state index contributed by atoms with van der Waals surface area (Å²) in [6.07, 6.45) is 1.54. The fourth-order valence-electron chi connectivity index (χ4n) is 4.13. The molecule has 7 heteroatoms. The number of amides is 2. The summed E-state index contributed by atoms with van der Waals surface area (Å²) in [7, 11) is 0. The molecule has 2 amide bonds. The number of benzene rings is 2. The van der Waals surface area contributed by atoms with Gasteiger partial charge < -0.3 is 9.15 Å². The summed E-state index contributed by atoms with van der Waals surface area (Å²) < 4.78 is 11.2. The number of carbonyl (C=O) groups is 2. The smallest absolute Gasteiger partial charge is 0.266 e. The van der Waals surface area contributed by atoms with Crippen molar-refractivity contribution in [3.05, 3.63) is 78.8 Å². The van der Waals surface area contributed by atoms with Gasteiger partial charge in [-0.25, -0.2) is 9.96 Å². The molecule has 3 atom stereocenters. The van der Waals surface area contributed by atoms with Gasteiger partial charge >= 0.3 is 0 Å². The Morgan fingerprint density at radius 1 is 0.903 bits per heavy atom. The fourth-order valence-corrected chi connectivity index (χ4v) is 4.13. The third kappa shape index (κ3) is 3.27. The highest BCUT2D eigenvalue weighted by Crippen LogP contribution is 2.47. The van der Waals surface area contributed by atoms with Crippen LogP contribution >= 0.6 is 0 Å². The normalized spacial score (nSPS) is 22.8. The van der Waals surface area contributed by atoms with Crippen molar-refractivity contribution in [3.8, 4) is 5.75 Å². The van der Waals surface area contributed by atoms with E-state index in [-0.39, 0.29) is 11.8 Å². The van der Waals surface area contributed by atoms with Crippen LogP contribution in [0.5, 0.6) is 5.75 Å². The van der Waals surface area contributed by atoms with Gasteiger partial charge in [0.05, 0.1) is 24.2 Å². The van der Waals surface area contributed by atoms with Gasteiger partial charge in [0.25, 0.3) is 5.91 Å². The molecule has 3 heterocycles. The summed E-state index contributed by atoms with van der Waals surface area (Å²) in [6, 6.07) is 19.4. The largest absolute Gasteiger partial charge is 0.494 e. The highest BCUT2D eigenvalue weighted by Gasteiger charge is 2.61. The molecule has 0 unspecified atom stereocenters. The molecule has 158 valence electrons. The molecule has 2 aliphatic rings. The number of hydrogen-bond acceptors (Lipinski definition) is 6. The molecule has 3 aromatic rings. The zero-order valence-electron chi connectivity index (χ0n) is 17.0. The number of furan rings is 1. The lowest BCUT2D eigenvalue weighted by molar-refractivity contribution is -0.126. The number of fused-ring (bicyclic) bond motifs is 1. The third-order valence-corrected chi connectivity index (χ3v) is 5.53. The molecule has 0 bridgehead atoms. The first kappa shape index (κ1) is 19.4. The minimum Gasteiger partial charge on any atom is -0.494 e. The number of anilines is 2. The lowest BCUT2D eigenvalue weighted by Crippen LogP contribution is -2.37. The molecular weight excluding hydrogens is 396 g/mol. The number of rotatable bonds is 6. The predicted octanol–water partition coefficient (Wildman–Crippen LogP) is 4.12. The molecule has 0 aliphatic carbocycles. The Labute approximate surface area is 179 Å².